The first-order chi connectivity index (χ1) is 15.7. The summed E-state index contributed by atoms with van der Waals surface area (Å²) in [5.41, 5.74) is 2.79. The molecular weight excluding hydrogens is 405 g/mol. The van der Waals surface area contributed by atoms with E-state index in [0.717, 1.165) is 28.3 Å². The van der Waals surface area contributed by atoms with E-state index in [9.17, 15) is 4.39 Å². The van der Waals surface area contributed by atoms with Crippen LogP contribution in [0.3, 0.4) is 0 Å². The molecule has 4 aromatic rings. The number of nitrogens with one attached hydrogen (secondary N) is 1. The van der Waals surface area contributed by atoms with Crippen molar-refractivity contribution in [1.29, 1.82) is 0 Å². The van der Waals surface area contributed by atoms with Crippen molar-refractivity contribution < 1.29 is 18.6 Å². The molecule has 1 N–H and O–H groups in total. The van der Waals surface area contributed by atoms with Crippen LogP contribution in [0.2, 0.25) is 0 Å². The van der Waals surface area contributed by atoms with Gasteiger partial charge in [-0.25, -0.2) is 4.39 Å². The lowest BCUT2D eigenvalue weighted by Gasteiger charge is -2.13. The van der Waals surface area contributed by atoms with E-state index in [0.29, 0.717) is 18.0 Å². The normalized spacial score (nSPS) is 10.4. The van der Waals surface area contributed by atoms with E-state index in [1.807, 2.05) is 78.9 Å². The van der Waals surface area contributed by atoms with Crippen LogP contribution in [0.1, 0.15) is 11.1 Å². The molecule has 0 bridgehead atoms. The molecule has 0 fully saturated rings. The Kier molecular flexibility index (Phi) is 6.88. The summed E-state index contributed by atoms with van der Waals surface area (Å²) in [6.07, 6.45) is 0. The fraction of sp³-hybridized carbons (Fsp3) is 0.111. The smallest absolute Gasteiger partial charge is 0.161 e. The summed E-state index contributed by atoms with van der Waals surface area (Å²) in [4.78, 5) is 0. The lowest BCUT2D eigenvalue weighted by Crippen LogP contribution is -2.02. The number of anilines is 1. The van der Waals surface area contributed by atoms with Crippen LogP contribution in [-0.2, 0) is 13.2 Å². The summed E-state index contributed by atoms with van der Waals surface area (Å²) >= 11 is 0. The van der Waals surface area contributed by atoms with E-state index in [1.165, 1.54) is 12.1 Å². The van der Waals surface area contributed by atoms with Crippen LogP contribution in [0, 0.1) is 5.82 Å². The second kappa shape index (κ2) is 10.4. The molecule has 162 valence electrons. The maximum absolute atomic E-state index is 13.3. The number of hydrogen-bond acceptors (Lipinski definition) is 4. The molecule has 0 atom stereocenters. The number of ether oxygens (including phenoxy) is 3. The number of rotatable bonds is 9. The van der Waals surface area contributed by atoms with Crippen molar-refractivity contribution in [2.24, 2.45) is 0 Å². The van der Waals surface area contributed by atoms with Gasteiger partial charge in [0.05, 0.1) is 7.11 Å². The van der Waals surface area contributed by atoms with E-state index < -0.39 is 0 Å². The Hall–Kier alpha value is -3.99. The van der Waals surface area contributed by atoms with E-state index in [1.54, 1.807) is 13.2 Å². The van der Waals surface area contributed by atoms with Gasteiger partial charge in [0.15, 0.2) is 11.5 Å². The molecule has 0 spiro atoms. The number of benzene rings is 4. The zero-order valence-electron chi connectivity index (χ0n) is 17.8. The zero-order valence-corrected chi connectivity index (χ0v) is 17.8. The highest BCUT2D eigenvalue weighted by molar-refractivity contribution is 5.49. The van der Waals surface area contributed by atoms with Crippen molar-refractivity contribution >= 4 is 5.69 Å². The van der Waals surface area contributed by atoms with E-state index in [4.69, 9.17) is 14.2 Å². The Bertz CT molecular complexity index is 1150. The minimum absolute atomic E-state index is 0.267. The molecule has 0 amide bonds. The fourth-order valence-electron chi connectivity index (χ4n) is 3.20. The molecular formula is C27H24FNO3. The number of para-hydroxylation sites is 1. The lowest BCUT2D eigenvalue weighted by atomic mass is 10.2. The molecule has 0 unspecified atom stereocenters. The molecule has 4 nitrogen and oxygen atoms in total. The van der Waals surface area contributed by atoms with Crippen molar-refractivity contribution in [1.82, 2.24) is 0 Å². The zero-order chi connectivity index (χ0) is 22.2. The predicted octanol–water partition coefficient (Wildman–Crippen LogP) is 6.82. The summed E-state index contributed by atoms with van der Waals surface area (Å²) in [5, 5.41) is 3.39. The van der Waals surface area contributed by atoms with Gasteiger partial charge >= 0.3 is 0 Å². The van der Waals surface area contributed by atoms with Gasteiger partial charge < -0.3 is 19.5 Å². The largest absolute Gasteiger partial charge is 0.493 e. The first-order valence-corrected chi connectivity index (χ1v) is 10.3. The van der Waals surface area contributed by atoms with Crippen LogP contribution in [0.5, 0.6) is 23.0 Å². The van der Waals surface area contributed by atoms with E-state index >= 15 is 0 Å². The van der Waals surface area contributed by atoms with Crippen molar-refractivity contribution in [2.45, 2.75) is 13.2 Å². The molecule has 0 heterocycles. The maximum Gasteiger partial charge on any atom is 0.161 e. The molecule has 4 aromatic carbocycles. The Morgan fingerprint density at radius 2 is 1.50 bits per heavy atom. The van der Waals surface area contributed by atoms with Gasteiger partial charge in [-0.3, -0.25) is 0 Å². The van der Waals surface area contributed by atoms with E-state index in [-0.39, 0.29) is 12.4 Å². The third kappa shape index (κ3) is 5.79. The van der Waals surface area contributed by atoms with Crippen LogP contribution >= 0.6 is 0 Å². The second-order valence-corrected chi connectivity index (χ2v) is 7.20. The van der Waals surface area contributed by atoms with Gasteiger partial charge in [0, 0.05) is 12.2 Å². The monoisotopic (exact) mass is 429 g/mol. The Morgan fingerprint density at radius 3 is 2.25 bits per heavy atom. The highest BCUT2D eigenvalue weighted by Gasteiger charge is 2.07. The molecule has 0 aromatic heterocycles. The summed E-state index contributed by atoms with van der Waals surface area (Å²) in [5.74, 6) is 2.55. The summed E-state index contributed by atoms with van der Waals surface area (Å²) in [7, 11) is 1.60. The minimum atomic E-state index is -0.279. The SMILES string of the molecule is COc1cc(CNc2ccc(Oc3ccccc3)cc2)ccc1OCc1cccc(F)c1. The van der Waals surface area contributed by atoms with Crippen LogP contribution in [0.25, 0.3) is 0 Å². The second-order valence-electron chi connectivity index (χ2n) is 7.20. The van der Waals surface area contributed by atoms with Gasteiger partial charge in [-0.05, 0) is 71.8 Å². The summed E-state index contributed by atoms with van der Waals surface area (Å²) in [6.45, 7) is 0.891. The molecule has 0 saturated carbocycles. The first kappa shape index (κ1) is 21.2. The molecule has 0 aliphatic rings. The Labute approximate surface area is 187 Å². The van der Waals surface area contributed by atoms with Crippen molar-refractivity contribution in [3.05, 3.63) is 114 Å². The highest BCUT2D eigenvalue weighted by atomic mass is 19.1. The average Bonchev–Trinajstić information content (AvgIpc) is 2.83. The van der Waals surface area contributed by atoms with Crippen LogP contribution in [0.15, 0.2) is 97.1 Å². The molecule has 0 saturated heterocycles. The van der Waals surface area contributed by atoms with Gasteiger partial charge in [0.25, 0.3) is 0 Å². The fourth-order valence-corrected chi connectivity index (χ4v) is 3.20. The lowest BCUT2D eigenvalue weighted by molar-refractivity contribution is 0.284. The first-order valence-electron chi connectivity index (χ1n) is 10.3. The van der Waals surface area contributed by atoms with Gasteiger partial charge in [0.1, 0.15) is 23.9 Å². The van der Waals surface area contributed by atoms with Crippen LogP contribution < -0.4 is 19.5 Å². The van der Waals surface area contributed by atoms with Crippen molar-refractivity contribution in [2.75, 3.05) is 12.4 Å². The number of hydrogen-bond donors (Lipinski definition) is 1. The average molecular weight is 429 g/mol. The highest BCUT2D eigenvalue weighted by Crippen LogP contribution is 2.29. The molecule has 4 rings (SSSR count). The van der Waals surface area contributed by atoms with Gasteiger partial charge in [0.2, 0.25) is 0 Å². The van der Waals surface area contributed by atoms with Crippen molar-refractivity contribution in [3.8, 4) is 23.0 Å². The third-order valence-electron chi connectivity index (χ3n) is 4.84. The quantitative estimate of drug-likeness (QED) is 0.317. The number of methoxy groups -OCH3 is 1. The number of halogens is 1. The molecule has 0 radical (unpaired) electrons. The van der Waals surface area contributed by atoms with Crippen molar-refractivity contribution in [3.63, 3.8) is 0 Å². The minimum Gasteiger partial charge on any atom is -0.493 e. The van der Waals surface area contributed by atoms with Gasteiger partial charge in [-0.15, -0.1) is 0 Å². The molecule has 0 aliphatic heterocycles. The van der Waals surface area contributed by atoms with Crippen LogP contribution in [-0.4, -0.2) is 7.11 Å². The van der Waals surface area contributed by atoms with E-state index in [2.05, 4.69) is 5.32 Å². The summed E-state index contributed by atoms with van der Waals surface area (Å²) in [6, 6.07) is 29.6. The summed E-state index contributed by atoms with van der Waals surface area (Å²) < 4.78 is 30.5. The Morgan fingerprint density at radius 1 is 0.719 bits per heavy atom. The maximum atomic E-state index is 13.3. The topological polar surface area (TPSA) is 39.7 Å². The molecule has 0 aliphatic carbocycles. The van der Waals surface area contributed by atoms with Gasteiger partial charge in [-0.2, -0.15) is 0 Å². The third-order valence-corrected chi connectivity index (χ3v) is 4.84. The Balaban J connectivity index is 1.34. The van der Waals surface area contributed by atoms with Crippen LogP contribution in [0.4, 0.5) is 10.1 Å². The molecule has 32 heavy (non-hydrogen) atoms. The van der Waals surface area contributed by atoms with Gasteiger partial charge in [-0.1, -0.05) is 36.4 Å². The molecule has 5 heteroatoms. The predicted molar refractivity (Wildman–Crippen MR) is 124 cm³/mol. The standard InChI is InChI=1S/C27H24FNO3/c1-30-27-17-20(10-15-26(27)31-19-21-6-5-7-22(28)16-21)18-29-23-11-13-25(14-12-23)32-24-8-3-2-4-9-24/h2-17,29H,18-19H2,1H3.